The van der Waals surface area contributed by atoms with E-state index in [0.29, 0.717) is 6.42 Å². The quantitative estimate of drug-likeness (QED) is 0.916. The number of nitrogens with two attached hydrogens (primary N) is 1. The lowest BCUT2D eigenvalue weighted by Crippen LogP contribution is -2.25. The zero-order chi connectivity index (χ0) is 14.8. The molecular formula is C14H18F3N3. The molecule has 0 saturated carbocycles. The molecule has 6 heteroatoms. The first-order valence-corrected chi connectivity index (χ1v) is 6.67. The molecule has 2 N–H and O–H groups in total. The van der Waals surface area contributed by atoms with E-state index in [1.54, 1.807) is 0 Å². The molecule has 1 unspecified atom stereocenters. The largest absolute Gasteiger partial charge is 0.389 e. The van der Waals surface area contributed by atoms with E-state index in [9.17, 15) is 13.2 Å². The number of halogens is 3. The standard InChI is InChI=1S/C14H18F3N3/c1-2-20-13-6-4-3-5-11(13)12(19-20)9-10(18)7-8-14(15,16)17/h3-6,10H,2,7-9,18H2,1H3. The van der Waals surface area contributed by atoms with Crippen LogP contribution in [0.4, 0.5) is 13.2 Å². The summed E-state index contributed by atoms with van der Waals surface area (Å²) in [6.07, 6.45) is -4.70. The fraction of sp³-hybridized carbons (Fsp3) is 0.500. The Labute approximate surface area is 115 Å². The summed E-state index contributed by atoms with van der Waals surface area (Å²) in [5.74, 6) is 0. The third kappa shape index (κ3) is 3.50. The Morgan fingerprint density at radius 1 is 1.30 bits per heavy atom. The van der Waals surface area contributed by atoms with Crippen molar-refractivity contribution in [2.24, 2.45) is 5.73 Å². The van der Waals surface area contributed by atoms with Gasteiger partial charge in [0.1, 0.15) is 0 Å². The molecule has 0 bridgehead atoms. The smallest absolute Gasteiger partial charge is 0.327 e. The Balaban J connectivity index is 2.13. The van der Waals surface area contributed by atoms with Crippen LogP contribution in [-0.2, 0) is 13.0 Å². The number of nitrogens with zero attached hydrogens (tertiary/aromatic N) is 2. The molecule has 0 fully saturated rings. The molecule has 20 heavy (non-hydrogen) atoms. The van der Waals surface area contributed by atoms with Crippen LogP contribution in [-0.4, -0.2) is 22.0 Å². The van der Waals surface area contributed by atoms with Crippen molar-refractivity contribution in [1.29, 1.82) is 0 Å². The van der Waals surface area contributed by atoms with Gasteiger partial charge in [-0.2, -0.15) is 18.3 Å². The number of aryl methyl sites for hydroxylation is 1. The lowest BCUT2D eigenvalue weighted by molar-refractivity contribution is -0.136. The van der Waals surface area contributed by atoms with Crippen molar-refractivity contribution in [3.05, 3.63) is 30.0 Å². The fourth-order valence-corrected chi connectivity index (χ4v) is 2.29. The topological polar surface area (TPSA) is 43.8 Å². The maximum atomic E-state index is 12.2. The lowest BCUT2D eigenvalue weighted by atomic mass is 10.0. The molecule has 0 radical (unpaired) electrons. The molecule has 1 heterocycles. The van der Waals surface area contributed by atoms with E-state index in [4.69, 9.17) is 5.73 Å². The SMILES string of the molecule is CCn1nc(CC(N)CCC(F)(F)F)c2ccccc21. The van der Waals surface area contributed by atoms with Gasteiger partial charge in [0.25, 0.3) is 0 Å². The number of fused-ring (bicyclic) bond motifs is 1. The zero-order valence-electron chi connectivity index (χ0n) is 11.3. The van der Waals surface area contributed by atoms with Crippen molar-refractivity contribution in [3.63, 3.8) is 0 Å². The summed E-state index contributed by atoms with van der Waals surface area (Å²) in [6.45, 7) is 2.70. The van der Waals surface area contributed by atoms with E-state index in [-0.39, 0.29) is 6.42 Å². The molecule has 0 aliphatic carbocycles. The highest BCUT2D eigenvalue weighted by Gasteiger charge is 2.27. The molecule has 0 amide bonds. The van der Waals surface area contributed by atoms with E-state index in [1.165, 1.54) is 0 Å². The molecule has 110 valence electrons. The number of para-hydroxylation sites is 1. The third-order valence-electron chi connectivity index (χ3n) is 3.29. The molecule has 2 aromatic rings. The first kappa shape index (κ1) is 14.8. The van der Waals surface area contributed by atoms with Gasteiger partial charge in [0.05, 0.1) is 11.2 Å². The van der Waals surface area contributed by atoms with Gasteiger partial charge >= 0.3 is 6.18 Å². The van der Waals surface area contributed by atoms with Gasteiger partial charge in [0.2, 0.25) is 0 Å². The number of benzene rings is 1. The molecule has 1 aromatic carbocycles. The third-order valence-corrected chi connectivity index (χ3v) is 3.29. The summed E-state index contributed by atoms with van der Waals surface area (Å²) in [5, 5.41) is 5.42. The van der Waals surface area contributed by atoms with Crippen molar-refractivity contribution in [3.8, 4) is 0 Å². The van der Waals surface area contributed by atoms with Crippen LogP contribution < -0.4 is 5.73 Å². The van der Waals surface area contributed by atoms with E-state index in [2.05, 4.69) is 5.10 Å². The Kier molecular flexibility index (Phi) is 4.32. The van der Waals surface area contributed by atoms with Gasteiger partial charge in [-0.15, -0.1) is 0 Å². The van der Waals surface area contributed by atoms with Gasteiger partial charge in [0.15, 0.2) is 0 Å². The van der Waals surface area contributed by atoms with Crippen LogP contribution in [0.2, 0.25) is 0 Å². The number of aromatic nitrogens is 2. The van der Waals surface area contributed by atoms with Gasteiger partial charge < -0.3 is 5.73 Å². The minimum atomic E-state index is -4.15. The Hall–Kier alpha value is -1.56. The van der Waals surface area contributed by atoms with Crippen LogP contribution >= 0.6 is 0 Å². The molecule has 0 aliphatic rings. The van der Waals surface area contributed by atoms with Crippen LogP contribution in [0, 0.1) is 0 Å². The van der Waals surface area contributed by atoms with Crippen LogP contribution in [0.15, 0.2) is 24.3 Å². The van der Waals surface area contributed by atoms with E-state index in [0.717, 1.165) is 23.1 Å². The molecule has 3 nitrogen and oxygen atoms in total. The highest BCUT2D eigenvalue weighted by atomic mass is 19.4. The van der Waals surface area contributed by atoms with Gasteiger partial charge in [-0.3, -0.25) is 4.68 Å². The van der Waals surface area contributed by atoms with Crippen molar-refractivity contribution < 1.29 is 13.2 Å². The number of hydrogen-bond acceptors (Lipinski definition) is 2. The molecule has 0 aliphatic heterocycles. The zero-order valence-corrected chi connectivity index (χ0v) is 11.3. The van der Waals surface area contributed by atoms with Crippen LogP contribution in [0.3, 0.4) is 0 Å². The van der Waals surface area contributed by atoms with Gasteiger partial charge in [-0.25, -0.2) is 0 Å². The summed E-state index contributed by atoms with van der Waals surface area (Å²) >= 11 is 0. The second-order valence-electron chi connectivity index (χ2n) is 4.90. The summed E-state index contributed by atoms with van der Waals surface area (Å²) in [5.41, 5.74) is 7.57. The first-order chi connectivity index (χ1) is 9.40. The molecule has 0 spiro atoms. The first-order valence-electron chi connectivity index (χ1n) is 6.67. The Bertz CT molecular complexity index is 575. The van der Waals surface area contributed by atoms with E-state index in [1.807, 2.05) is 35.9 Å². The summed E-state index contributed by atoms with van der Waals surface area (Å²) in [7, 11) is 0. The van der Waals surface area contributed by atoms with Crippen LogP contribution in [0.25, 0.3) is 10.9 Å². The van der Waals surface area contributed by atoms with Gasteiger partial charge in [0, 0.05) is 30.8 Å². The number of rotatable bonds is 5. The van der Waals surface area contributed by atoms with Gasteiger partial charge in [-0.1, -0.05) is 18.2 Å². The minimum Gasteiger partial charge on any atom is -0.327 e. The maximum Gasteiger partial charge on any atom is 0.389 e. The fourth-order valence-electron chi connectivity index (χ4n) is 2.29. The Morgan fingerprint density at radius 2 is 2.00 bits per heavy atom. The number of hydrogen-bond donors (Lipinski definition) is 1. The van der Waals surface area contributed by atoms with E-state index < -0.39 is 18.6 Å². The van der Waals surface area contributed by atoms with Crippen LogP contribution in [0.5, 0.6) is 0 Å². The van der Waals surface area contributed by atoms with Crippen LogP contribution in [0.1, 0.15) is 25.5 Å². The summed E-state index contributed by atoms with van der Waals surface area (Å²) in [6, 6.07) is 7.18. The Morgan fingerprint density at radius 3 is 2.65 bits per heavy atom. The average molecular weight is 285 g/mol. The normalized spacial score (nSPS) is 13.8. The maximum absolute atomic E-state index is 12.2. The van der Waals surface area contributed by atoms with Crippen molar-refractivity contribution >= 4 is 10.9 Å². The molecule has 1 atom stereocenters. The average Bonchev–Trinajstić information content (AvgIpc) is 2.74. The highest BCUT2D eigenvalue weighted by molar-refractivity contribution is 5.82. The molecule has 0 saturated heterocycles. The predicted molar refractivity (Wildman–Crippen MR) is 72.4 cm³/mol. The second-order valence-corrected chi connectivity index (χ2v) is 4.90. The van der Waals surface area contributed by atoms with E-state index >= 15 is 0 Å². The highest BCUT2D eigenvalue weighted by Crippen LogP contribution is 2.24. The monoisotopic (exact) mass is 285 g/mol. The lowest BCUT2D eigenvalue weighted by Gasteiger charge is -2.12. The number of alkyl halides is 3. The summed E-state index contributed by atoms with van der Waals surface area (Å²) < 4.78 is 38.4. The van der Waals surface area contributed by atoms with Crippen molar-refractivity contribution in [2.45, 2.75) is 44.9 Å². The van der Waals surface area contributed by atoms with Crippen molar-refractivity contribution in [1.82, 2.24) is 9.78 Å². The molecular weight excluding hydrogens is 267 g/mol. The molecule has 2 rings (SSSR count). The minimum absolute atomic E-state index is 0.0726. The second kappa shape index (κ2) is 5.83. The summed E-state index contributed by atoms with van der Waals surface area (Å²) in [4.78, 5) is 0. The van der Waals surface area contributed by atoms with Gasteiger partial charge in [-0.05, 0) is 19.4 Å². The predicted octanol–water partition coefficient (Wildman–Crippen LogP) is 3.27. The van der Waals surface area contributed by atoms with Crippen molar-refractivity contribution in [2.75, 3.05) is 0 Å². The molecule has 1 aromatic heterocycles.